The topological polar surface area (TPSA) is 72.8 Å². The Hall–Kier alpha value is -1.52. The van der Waals surface area contributed by atoms with Crippen LogP contribution in [0.4, 0.5) is 0 Å². The number of rotatable bonds is 2. The summed E-state index contributed by atoms with van der Waals surface area (Å²) in [6.07, 6.45) is 1.48. The number of carbonyl (C=O) groups is 3. The number of nitrogens with zero attached hydrogens (tertiary/aromatic N) is 1. The van der Waals surface area contributed by atoms with Crippen LogP contribution in [0.3, 0.4) is 0 Å². The molecule has 0 aliphatic heterocycles. The van der Waals surface area contributed by atoms with Gasteiger partial charge < -0.3 is 4.74 Å². The predicted octanol–water partition coefficient (Wildman–Crippen LogP) is 0.660. The molecular formula is C12H17NO4. The highest BCUT2D eigenvalue weighted by Crippen LogP contribution is 2.39. The zero-order valence-corrected chi connectivity index (χ0v) is 10.5. The summed E-state index contributed by atoms with van der Waals surface area (Å²) in [4.78, 5) is 39.3. The van der Waals surface area contributed by atoms with Crippen molar-refractivity contribution in [3.63, 3.8) is 0 Å². The van der Waals surface area contributed by atoms with E-state index in [-0.39, 0.29) is 12.2 Å². The minimum absolute atomic E-state index is 0.176. The maximum atomic E-state index is 12.1. The Labute approximate surface area is 100 Å². The Morgan fingerprint density at radius 2 is 2.06 bits per heavy atom. The minimum Gasteiger partial charge on any atom is -0.468 e. The lowest BCUT2D eigenvalue weighted by molar-refractivity contribution is -0.159. The van der Waals surface area contributed by atoms with Crippen LogP contribution in [0.15, 0.2) is 4.99 Å². The van der Waals surface area contributed by atoms with E-state index in [0.717, 1.165) is 0 Å². The van der Waals surface area contributed by atoms with Crippen LogP contribution in [0.25, 0.3) is 0 Å². The zero-order valence-electron chi connectivity index (χ0n) is 10.5. The van der Waals surface area contributed by atoms with Crippen molar-refractivity contribution in [3.05, 3.63) is 0 Å². The van der Waals surface area contributed by atoms with Crippen LogP contribution in [0.5, 0.6) is 0 Å². The van der Waals surface area contributed by atoms with Crippen molar-refractivity contribution in [2.75, 3.05) is 14.2 Å². The Morgan fingerprint density at radius 1 is 1.47 bits per heavy atom. The SMILES string of the molecule is CN=C[C@H]1C(=O)CC(C)(C)[C@@H](C(=O)OC)C1=O. The summed E-state index contributed by atoms with van der Waals surface area (Å²) in [5.74, 6) is -2.98. The second-order valence-corrected chi connectivity index (χ2v) is 4.88. The van der Waals surface area contributed by atoms with Crippen molar-refractivity contribution in [1.82, 2.24) is 0 Å². The van der Waals surface area contributed by atoms with E-state index in [4.69, 9.17) is 0 Å². The van der Waals surface area contributed by atoms with Crippen molar-refractivity contribution in [1.29, 1.82) is 0 Å². The van der Waals surface area contributed by atoms with E-state index in [1.54, 1.807) is 13.8 Å². The van der Waals surface area contributed by atoms with Crippen molar-refractivity contribution in [2.24, 2.45) is 22.2 Å². The van der Waals surface area contributed by atoms with E-state index in [2.05, 4.69) is 9.73 Å². The van der Waals surface area contributed by atoms with Gasteiger partial charge in [0.15, 0.2) is 5.78 Å². The van der Waals surface area contributed by atoms with Crippen LogP contribution in [0.2, 0.25) is 0 Å². The largest absolute Gasteiger partial charge is 0.468 e. The molecule has 1 rings (SSSR count). The lowest BCUT2D eigenvalue weighted by Crippen LogP contribution is -2.50. The highest BCUT2D eigenvalue weighted by Gasteiger charge is 2.51. The molecule has 0 amide bonds. The average molecular weight is 239 g/mol. The highest BCUT2D eigenvalue weighted by atomic mass is 16.5. The van der Waals surface area contributed by atoms with Gasteiger partial charge in [0.25, 0.3) is 0 Å². The van der Waals surface area contributed by atoms with Gasteiger partial charge in [0, 0.05) is 19.7 Å². The molecule has 0 aromatic rings. The first kappa shape index (κ1) is 13.5. The van der Waals surface area contributed by atoms with Crippen LogP contribution < -0.4 is 0 Å². The first-order valence-corrected chi connectivity index (χ1v) is 5.41. The summed E-state index contributed by atoms with van der Waals surface area (Å²) in [6.45, 7) is 3.45. The van der Waals surface area contributed by atoms with Gasteiger partial charge in [-0.3, -0.25) is 19.4 Å². The molecule has 0 aromatic carbocycles. The van der Waals surface area contributed by atoms with E-state index in [0.29, 0.717) is 0 Å². The van der Waals surface area contributed by atoms with Crippen molar-refractivity contribution in [3.8, 4) is 0 Å². The molecule has 1 aliphatic carbocycles. The smallest absolute Gasteiger partial charge is 0.316 e. The van der Waals surface area contributed by atoms with E-state index in [1.807, 2.05) is 0 Å². The molecule has 1 aliphatic rings. The fourth-order valence-corrected chi connectivity index (χ4v) is 2.24. The summed E-state index contributed by atoms with van der Waals surface area (Å²) >= 11 is 0. The third-order valence-electron chi connectivity index (χ3n) is 3.08. The van der Waals surface area contributed by atoms with Gasteiger partial charge in [0.2, 0.25) is 0 Å². The van der Waals surface area contributed by atoms with E-state index < -0.39 is 29.0 Å². The molecule has 0 saturated heterocycles. The fraction of sp³-hybridized carbons (Fsp3) is 0.667. The molecule has 5 heteroatoms. The Morgan fingerprint density at radius 3 is 2.53 bits per heavy atom. The Kier molecular flexibility index (Phi) is 3.80. The monoisotopic (exact) mass is 239 g/mol. The molecule has 0 unspecified atom stereocenters. The molecule has 94 valence electrons. The number of hydrogen-bond acceptors (Lipinski definition) is 5. The molecule has 0 heterocycles. The average Bonchev–Trinajstić information content (AvgIpc) is 2.22. The maximum Gasteiger partial charge on any atom is 0.316 e. The summed E-state index contributed by atoms with van der Waals surface area (Å²) in [5, 5.41) is 0. The Balaban J connectivity index is 3.13. The van der Waals surface area contributed by atoms with E-state index in [9.17, 15) is 14.4 Å². The molecule has 2 atom stereocenters. The van der Waals surface area contributed by atoms with E-state index in [1.165, 1.54) is 20.4 Å². The molecule has 1 fully saturated rings. The molecule has 0 radical (unpaired) electrons. The Bertz CT molecular complexity index is 384. The third-order valence-corrected chi connectivity index (χ3v) is 3.08. The van der Waals surface area contributed by atoms with Crippen LogP contribution in [-0.4, -0.2) is 37.9 Å². The summed E-state index contributed by atoms with van der Waals surface area (Å²) in [7, 11) is 2.73. The van der Waals surface area contributed by atoms with Crippen LogP contribution in [0, 0.1) is 17.3 Å². The maximum absolute atomic E-state index is 12.1. The predicted molar refractivity (Wildman–Crippen MR) is 61.8 cm³/mol. The van der Waals surface area contributed by atoms with Gasteiger partial charge in [-0.2, -0.15) is 0 Å². The summed E-state index contributed by atoms with van der Waals surface area (Å²) in [5.41, 5.74) is -0.695. The van der Waals surface area contributed by atoms with Crippen LogP contribution in [-0.2, 0) is 19.1 Å². The van der Waals surface area contributed by atoms with Gasteiger partial charge in [-0.05, 0) is 5.41 Å². The molecule has 0 N–H and O–H groups in total. The van der Waals surface area contributed by atoms with Gasteiger partial charge in [-0.1, -0.05) is 13.8 Å². The molecule has 1 saturated carbocycles. The lowest BCUT2D eigenvalue weighted by atomic mass is 9.64. The summed E-state index contributed by atoms with van der Waals surface area (Å²) in [6, 6.07) is 0. The quantitative estimate of drug-likeness (QED) is 0.403. The van der Waals surface area contributed by atoms with Gasteiger partial charge in [0.05, 0.1) is 7.11 Å². The number of Topliss-reactive ketones (excluding diaryl/α,β-unsaturated/α-hetero) is 2. The summed E-state index contributed by atoms with van der Waals surface area (Å²) < 4.78 is 4.64. The van der Waals surface area contributed by atoms with Gasteiger partial charge in [0.1, 0.15) is 17.6 Å². The van der Waals surface area contributed by atoms with Gasteiger partial charge >= 0.3 is 5.97 Å². The van der Waals surface area contributed by atoms with Crippen LogP contribution in [0.1, 0.15) is 20.3 Å². The number of ketones is 2. The first-order valence-electron chi connectivity index (χ1n) is 5.41. The van der Waals surface area contributed by atoms with Gasteiger partial charge in [-0.25, -0.2) is 0 Å². The van der Waals surface area contributed by atoms with Crippen molar-refractivity contribution >= 4 is 23.8 Å². The standard InChI is InChI=1S/C12H17NO4/c1-12(2)5-8(14)7(6-13-3)10(15)9(12)11(16)17-4/h6-7,9H,5H2,1-4H3/t7-,9+/m0/s1. The first-order chi connectivity index (χ1) is 7.85. The number of carbonyl (C=O) groups excluding carboxylic acids is 3. The molecule has 0 bridgehead atoms. The molecular weight excluding hydrogens is 222 g/mol. The van der Waals surface area contributed by atoms with Gasteiger partial charge in [-0.15, -0.1) is 0 Å². The second-order valence-electron chi connectivity index (χ2n) is 4.88. The van der Waals surface area contributed by atoms with Crippen LogP contribution >= 0.6 is 0 Å². The minimum atomic E-state index is -0.905. The second kappa shape index (κ2) is 4.77. The molecule has 17 heavy (non-hydrogen) atoms. The number of aliphatic imine (C=N–C) groups is 1. The number of esters is 1. The third kappa shape index (κ3) is 2.43. The van der Waals surface area contributed by atoms with Crippen molar-refractivity contribution < 1.29 is 19.1 Å². The number of methoxy groups -OCH3 is 1. The number of ether oxygens (including phenoxy) is 1. The normalized spacial score (nSPS) is 28.5. The van der Waals surface area contributed by atoms with Crippen molar-refractivity contribution in [2.45, 2.75) is 20.3 Å². The molecule has 0 spiro atoms. The molecule has 5 nitrogen and oxygen atoms in total. The lowest BCUT2D eigenvalue weighted by Gasteiger charge is -2.36. The molecule has 0 aromatic heterocycles. The highest BCUT2D eigenvalue weighted by molar-refractivity contribution is 6.21. The zero-order chi connectivity index (χ0) is 13.2. The number of hydrogen-bond donors (Lipinski definition) is 0. The fourth-order valence-electron chi connectivity index (χ4n) is 2.24. The van der Waals surface area contributed by atoms with E-state index >= 15 is 0 Å².